The highest BCUT2D eigenvalue weighted by Crippen LogP contribution is 2.40. The molecule has 3 unspecified atom stereocenters. The summed E-state index contributed by atoms with van der Waals surface area (Å²) in [5.41, 5.74) is 0.524. The van der Waals surface area contributed by atoms with Crippen LogP contribution in [0.15, 0.2) is 0 Å². The fourth-order valence-corrected chi connectivity index (χ4v) is 4.35. The number of nitrogens with one attached hydrogen (secondary N) is 1. The van der Waals surface area contributed by atoms with Crippen molar-refractivity contribution in [1.29, 1.82) is 0 Å². The molecule has 2 rings (SSSR count). The molecule has 1 N–H and O–H groups in total. The number of likely N-dealkylation sites (N-methyl/N-ethyl adjacent to an activating group) is 1. The summed E-state index contributed by atoms with van der Waals surface area (Å²) >= 11 is 0. The molecule has 0 radical (unpaired) electrons. The molecular formula is C16H33N3. The molecule has 1 heterocycles. The van der Waals surface area contributed by atoms with Gasteiger partial charge < -0.3 is 10.2 Å². The monoisotopic (exact) mass is 267 g/mol. The van der Waals surface area contributed by atoms with Crippen molar-refractivity contribution in [3.63, 3.8) is 0 Å². The van der Waals surface area contributed by atoms with Gasteiger partial charge in [-0.15, -0.1) is 0 Å². The van der Waals surface area contributed by atoms with Gasteiger partial charge >= 0.3 is 0 Å². The summed E-state index contributed by atoms with van der Waals surface area (Å²) in [6, 6.07) is 0.713. The van der Waals surface area contributed by atoms with Crippen molar-refractivity contribution < 1.29 is 0 Å². The number of piperazine rings is 1. The number of rotatable bonds is 4. The lowest BCUT2D eigenvalue weighted by molar-refractivity contribution is 0.0274. The Morgan fingerprint density at radius 1 is 1.26 bits per heavy atom. The van der Waals surface area contributed by atoms with Crippen molar-refractivity contribution in [1.82, 2.24) is 15.1 Å². The van der Waals surface area contributed by atoms with Crippen LogP contribution < -0.4 is 5.32 Å². The molecule has 1 saturated heterocycles. The smallest absolute Gasteiger partial charge is 0.0195 e. The lowest BCUT2D eigenvalue weighted by Gasteiger charge is -2.47. The van der Waals surface area contributed by atoms with Crippen LogP contribution in [0.5, 0.6) is 0 Å². The van der Waals surface area contributed by atoms with Gasteiger partial charge in [-0.25, -0.2) is 0 Å². The third-order valence-corrected chi connectivity index (χ3v) is 5.24. The van der Waals surface area contributed by atoms with Crippen LogP contribution in [0.1, 0.15) is 39.5 Å². The Morgan fingerprint density at radius 3 is 2.68 bits per heavy atom. The maximum atomic E-state index is 3.47. The van der Waals surface area contributed by atoms with Gasteiger partial charge in [0, 0.05) is 38.8 Å². The van der Waals surface area contributed by atoms with Gasteiger partial charge in [0.05, 0.1) is 0 Å². The van der Waals surface area contributed by atoms with Crippen molar-refractivity contribution in [2.24, 2.45) is 11.3 Å². The highest BCUT2D eigenvalue weighted by molar-refractivity contribution is 4.92. The topological polar surface area (TPSA) is 18.5 Å². The van der Waals surface area contributed by atoms with E-state index in [0.717, 1.165) is 5.92 Å². The first-order valence-corrected chi connectivity index (χ1v) is 8.12. The highest BCUT2D eigenvalue weighted by atomic mass is 15.3. The van der Waals surface area contributed by atoms with Gasteiger partial charge in [0.15, 0.2) is 0 Å². The Bertz CT molecular complexity index is 277. The Morgan fingerprint density at radius 2 is 2.05 bits per heavy atom. The fourth-order valence-electron chi connectivity index (χ4n) is 4.35. The Kier molecular flexibility index (Phi) is 5.27. The van der Waals surface area contributed by atoms with Gasteiger partial charge in [-0.05, 0) is 45.2 Å². The standard InChI is InChI=1S/C16H33N3/c1-14-6-5-7-16(10-14,12-17-3)13-19-9-8-18(4)11-15(19)2/h14-15,17H,5-13H2,1-4H3. The number of hydrogen-bond acceptors (Lipinski definition) is 3. The molecule has 0 amide bonds. The summed E-state index contributed by atoms with van der Waals surface area (Å²) in [5.74, 6) is 0.907. The molecule has 0 aromatic heterocycles. The van der Waals surface area contributed by atoms with Crippen molar-refractivity contribution >= 4 is 0 Å². The summed E-state index contributed by atoms with van der Waals surface area (Å²) in [5, 5.41) is 3.47. The molecule has 3 heteroatoms. The molecule has 2 fully saturated rings. The van der Waals surface area contributed by atoms with E-state index in [1.165, 1.54) is 58.4 Å². The van der Waals surface area contributed by atoms with Crippen LogP contribution in [0.3, 0.4) is 0 Å². The molecule has 0 aromatic rings. The third kappa shape index (κ3) is 3.93. The molecule has 3 nitrogen and oxygen atoms in total. The van der Waals surface area contributed by atoms with Gasteiger partial charge in [0.25, 0.3) is 0 Å². The van der Waals surface area contributed by atoms with E-state index in [2.05, 4.69) is 43.1 Å². The maximum Gasteiger partial charge on any atom is 0.0195 e. The molecule has 0 aromatic carbocycles. The average molecular weight is 267 g/mol. The minimum atomic E-state index is 0.524. The van der Waals surface area contributed by atoms with Gasteiger partial charge in [-0.1, -0.05) is 19.8 Å². The first-order chi connectivity index (χ1) is 9.04. The van der Waals surface area contributed by atoms with Crippen LogP contribution in [-0.2, 0) is 0 Å². The second kappa shape index (κ2) is 6.55. The van der Waals surface area contributed by atoms with Crippen molar-refractivity contribution in [3.05, 3.63) is 0 Å². The predicted molar refractivity (Wildman–Crippen MR) is 82.5 cm³/mol. The first-order valence-electron chi connectivity index (χ1n) is 8.12. The highest BCUT2D eigenvalue weighted by Gasteiger charge is 2.37. The largest absolute Gasteiger partial charge is 0.319 e. The summed E-state index contributed by atoms with van der Waals surface area (Å²) in [4.78, 5) is 5.21. The van der Waals surface area contributed by atoms with Crippen LogP contribution in [-0.4, -0.2) is 62.7 Å². The Labute approximate surface area is 119 Å². The molecule has 19 heavy (non-hydrogen) atoms. The van der Waals surface area contributed by atoms with E-state index in [9.17, 15) is 0 Å². The van der Waals surface area contributed by atoms with Crippen LogP contribution >= 0.6 is 0 Å². The molecular weight excluding hydrogens is 234 g/mol. The molecule has 2 aliphatic rings. The Hall–Kier alpha value is -0.120. The fraction of sp³-hybridized carbons (Fsp3) is 1.00. The van der Waals surface area contributed by atoms with Crippen molar-refractivity contribution in [3.8, 4) is 0 Å². The second-order valence-corrected chi connectivity index (χ2v) is 7.31. The van der Waals surface area contributed by atoms with E-state index in [4.69, 9.17) is 0 Å². The minimum absolute atomic E-state index is 0.524. The zero-order valence-corrected chi connectivity index (χ0v) is 13.4. The minimum Gasteiger partial charge on any atom is -0.319 e. The molecule has 0 bridgehead atoms. The van der Waals surface area contributed by atoms with E-state index in [1.54, 1.807) is 0 Å². The summed E-state index contributed by atoms with van der Waals surface area (Å²) < 4.78 is 0. The van der Waals surface area contributed by atoms with Crippen LogP contribution in [0.2, 0.25) is 0 Å². The normalized spacial score (nSPS) is 38.5. The lowest BCUT2D eigenvalue weighted by atomic mass is 9.69. The molecule has 1 aliphatic carbocycles. The summed E-state index contributed by atoms with van der Waals surface area (Å²) in [6.07, 6.45) is 5.68. The lowest BCUT2D eigenvalue weighted by Crippen LogP contribution is -2.55. The molecule has 0 spiro atoms. The number of hydrogen-bond donors (Lipinski definition) is 1. The second-order valence-electron chi connectivity index (χ2n) is 7.31. The first kappa shape index (κ1) is 15.3. The number of nitrogens with zero attached hydrogens (tertiary/aromatic N) is 2. The molecule has 112 valence electrons. The SMILES string of the molecule is CNCC1(CN2CCN(C)CC2C)CCCC(C)C1. The van der Waals surface area contributed by atoms with E-state index >= 15 is 0 Å². The van der Waals surface area contributed by atoms with E-state index in [1.807, 2.05) is 0 Å². The van der Waals surface area contributed by atoms with Gasteiger partial charge in [-0.2, -0.15) is 0 Å². The van der Waals surface area contributed by atoms with Gasteiger partial charge in [0.2, 0.25) is 0 Å². The quantitative estimate of drug-likeness (QED) is 0.841. The van der Waals surface area contributed by atoms with Crippen molar-refractivity contribution in [2.75, 3.05) is 46.8 Å². The molecule has 1 aliphatic heterocycles. The van der Waals surface area contributed by atoms with Crippen molar-refractivity contribution in [2.45, 2.75) is 45.6 Å². The maximum absolute atomic E-state index is 3.47. The van der Waals surface area contributed by atoms with E-state index < -0.39 is 0 Å². The molecule has 1 saturated carbocycles. The third-order valence-electron chi connectivity index (χ3n) is 5.24. The zero-order valence-electron chi connectivity index (χ0n) is 13.4. The van der Waals surface area contributed by atoms with Gasteiger partial charge in [0.1, 0.15) is 0 Å². The van der Waals surface area contributed by atoms with Gasteiger partial charge in [-0.3, -0.25) is 4.90 Å². The van der Waals surface area contributed by atoms with Crippen LogP contribution in [0, 0.1) is 11.3 Å². The zero-order chi connectivity index (χ0) is 13.9. The summed E-state index contributed by atoms with van der Waals surface area (Å²) in [6.45, 7) is 11.0. The van der Waals surface area contributed by atoms with Crippen LogP contribution in [0.4, 0.5) is 0 Å². The summed E-state index contributed by atoms with van der Waals surface area (Å²) in [7, 11) is 4.37. The average Bonchev–Trinajstić information content (AvgIpc) is 2.33. The molecule has 3 atom stereocenters. The van der Waals surface area contributed by atoms with E-state index in [0.29, 0.717) is 11.5 Å². The predicted octanol–water partition coefficient (Wildman–Crippen LogP) is 2.04. The Balaban J connectivity index is 1.99. The van der Waals surface area contributed by atoms with Crippen LogP contribution in [0.25, 0.3) is 0 Å². The van der Waals surface area contributed by atoms with E-state index in [-0.39, 0.29) is 0 Å².